The molecule has 172 valence electrons. The Morgan fingerprint density at radius 2 is 1.81 bits per heavy atom. The lowest BCUT2D eigenvalue weighted by atomic mass is 10.1. The fourth-order valence-corrected chi connectivity index (χ4v) is 6.03. The van der Waals surface area contributed by atoms with E-state index in [4.69, 9.17) is 16.3 Å². The summed E-state index contributed by atoms with van der Waals surface area (Å²) in [5.74, 6) is 0.547. The largest absolute Gasteiger partial charge is 0.379 e. The number of pyridine rings is 1. The molecule has 0 aliphatic carbocycles. The Labute approximate surface area is 193 Å². The number of morpholine rings is 1. The third-order valence-corrected chi connectivity index (χ3v) is 8.16. The van der Waals surface area contributed by atoms with Crippen molar-refractivity contribution >= 4 is 33.3 Å². The van der Waals surface area contributed by atoms with Gasteiger partial charge in [-0.25, -0.2) is 13.4 Å². The van der Waals surface area contributed by atoms with E-state index < -0.39 is 10.0 Å². The van der Waals surface area contributed by atoms with Crippen molar-refractivity contribution in [2.24, 2.45) is 0 Å². The molecule has 2 aliphatic rings. The summed E-state index contributed by atoms with van der Waals surface area (Å²) >= 11 is 6.25. The molecule has 3 heterocycles. The van der Waals surface area contributed by atoms with Crippen LogP contribution in [0.25, 0.3) is 0 Å². The Bertz CT molecular complexity index is 1080. The van der Waals surface area contributed by atoms with Crippen LogP contribution in [0, 0.1) is 0 Å². The Kier molecular flexibility index (Phi) is 6.99. The van der Waals surface area contributed by atoms with E-state index in [1.165, 1.54) is 10.4 Å². The summed E-state index contributed by atoms with van der Waals surface area (Å²) in [5, 5.41) is 0.584. The van der Waals surface area contributed by atoms with Gasteiger partial charge in [-0.3, -0.25) is 4.79 Å². The van der Waals surface area contributed by atoms with E-state index in [9.17, 15) is 13.2 Å². The SMILES string of the molecule is CCc1ccc(C(=O)N2CCN(c3ncccc3Cl)CC2)cc1S(=O)(=O)N1CCOCC1. The van der Waals surface area contributed by atoms with Gasteiger partial charge in [0.15, 0.2) is 0 Å². The Balaban J connectivity index is 1.52. The second-order valence-electron chi connectivity index (χ2n) is 7.78. The summed E-state index contributed by atoms with van der Waals surface area (Å²) in [6.45, 7) is 5.54. The van der Waals surface area contributed by atoms with E-state index in [1.807, 2.05) is 6.92 Å². The van der Waals surface area contributed by atoms with Gasteiger partial charge in [0, 0.05) is 51.0 Å². The molecule has 1 amide bonds. The number of anilines is 1. The number of hydrogen-bond acceptors (Lipinski definition) is 6. The van der Waals surface area contributed by atoms with Gasteiger partial charge in [0.25, 0.3) is 5.91 Å². The Hall–Kier alpha value is -2.20. The molecule has 0 N–H and O–H groups in total. The number of piperazine rings is 1. The number of sulfonamides is 1. The third kappa shape index (κ3) is 4.61. The number of nitrogens with zero attached hydrogens (tertiary/aromatic N) is 4. The molecule has 2 aliphatic heterocycles. The molecule has 1 aromatic carbocycles. The van der Waals surface area contributed by atoms with Gasteiger partial charge in [-0.15, -0.1) is 0 Å². The van der Waals surface area contributed by atoms with E-state index in [0.717, 1.165) is 0 Å². The number of carbonyl (C=O) groups excluding carboxylic acids is 1. The van der Waals surface area contributed by atoms with Crippen molar-refractivity contribution in [1.82, 2.24) is 14.2 Å². The summed E-state index contributed by atoms with van der Waals surface area (Å²) in [7, 11) is -3.69. The molecule has 4 rings (SSSR count). The summed E-state index contributed by atoms with van der Waals surface area (Å²) in [6, 6.07) is 8.60. The van der Waals surface area contributed by atoms with Gasteiger partial charge in [0.2, 0.25) is 10.0 Å². The van der Waals surface area contributed by atoms with Gasteiger partial charge in [0.05, 0.1) is 23.1 Å². The summed E-state index contributed by atoms with van der Waals surface area (Å²) in [6.07, 6.45) is 2.27. The first-order valence-electron chi connectivity index (χ1n) is 10.8. The first-order chi connectivity index (χ1) is 15.4. The molecular formula is C22H27ClN4O4S. The van der Waals surface area contributed by atoms with Crippen molar-refractivity contribution in [3.63, 3.8) is 0 Å². The van der Waals surface area contributed by atoms with Crippen molar-refractivity contribution in [1.29, 1.82) is 0 Å². The van der Waals surface area contributed by atoms with Crippen LogP contribution in [0.2, 0.25) is 5.02 Å². The minimum atomic E-state index is -3.69. The molecule has 10 heteroatoms. The van der Waals surface area contributed by atoms with Gasteiger partial charge >= 0.3 is 0 Å². The van der Waals surface area contributed by atoms with E-state index in [2.05, 4.69) is 9.88 Å². The normalized spacial score (nSPS) is 18.1. The fourth-order valence-electron chi connectivity index (χ4n) is 4.06. The standard InChI is InChI=1S/C22H27ClN4O4S/c1-2-17-5-6-18(16-20(17)32(29,30)27-12-14-31-15-13-27)22(28)26-10-8-25(9-11-26)21-19(23)4-3-7-24-21/h3-7,16H,2,8-15H2,1H3. The number of hydrogen-bond donors (Lipinski definition) is 0. The van der Waals surface area contributed by atoms with Gasteiger partial charge < -0.3 is 14.5 Å². The van der Waals surface area contributed by atoms with Gasteiger partial charge in [-0.05, 0) is 36.2 Å². The average Bonchev–Trinajstić information content (AvgIpc) is 2.84. The van der Waals surface area contributed by atoms with Crippen LogP contribution < -0.4 is 4.90 Å². The Morgan fingerprint density at radius 1 is 1.09 bits per heavy atom. The molecule has 0 atom stereocenters. The molecule has 0 bridgehead atoms. The molecule has 0 radical (unpaired) electrons. The maximum atomic E-state index is 13.3. The van der Waals surface area contributed by atoms with Crippen LogP contribution in [0.15, 0.2) is 41.4 Å². The van der Waals surface area contributed by atoms with Crippen molar-refractivity contribution in [3.05, 3.63) is 52.7 Å². The van der Waals surface area contributed by atoms with E-state index in [-0.39, 0.29) is 10.8 Å². The number of rotatable bonds is 5. The maximum absolute atomic E-state index is 13.3. The molecule has 32 heavy (non-hydrogen) atoms. The van der Waals surface area contributed by atoms with Crippen LogP contribution in [0.1, 0.15) is 22.8 Å². The van der Waals surface area contributed by atoms with Gasteiger partial charge in [-0.1, -0.05) is 24.6 Å². The lowest BCUT2D eigenvalue weighted by molar-refractivity contribution is 0.0729. The van der Waals surface area contributed by atoms with Crippen LogP contribution >= 0.6 is 11.6 Å². The Morgan fingerprint density at radius 3 is 2.47 bits per heavy atom. The van der Waals surface area contributed by atoms with E-state index in [1.54, 1.807) is 35.4 Å². The molecule has 2 aromatic rings. The highest BCUT2D eigenvalue weighted by Crippen LogP contribution is 2.26. The third-order valence-electron chi connectivity index (χ3n) is 5.89. The number of benzene rings is 1. The minimum Gasteiger partial charge on any atom is -0.379 e. The topological polar surface area (TPSA) is 83.1 Å². The summed E-state index contributed by atoms with van der Waals surface area (Å²) in [5.41, 5.74) is 1.10. The molecule has 0 unspecified atom stereocenters. The van der Waals surface area contributed by atoms with Crippen LogP contribution in [-0.2, 0) is 21.2 Å². The summed E-state index contributed by atoms with van der Waals surface area (Å²) < 4.78 is 33.3. The van der Waals surface area contributed by atoms with Crippen molar-refractivity contribution in [2.75, 3.05) is 57.4 Å². The molecule has 2 saturated heterocycles. The van der Waals surface area contributed by atoms with E-state index >= 15 is 0 Å². The first kappa shape index (κ1) is 23.0. The number of aryl methyl sites for hydroxylation is 1. The number of halogens is 1. The zero-order chi connectivity index (χ0) is 22.7. The van der Waals surface area contributed by atoms with Gasteiger partial charge in [-0.2, -0.15) is 4.31 Å². The quantitative estimate of drug-likeness (QED) is 0.655. The van der Waals surface area contributed by atoms with Crippen LogP contribution in [0.5, 0.6) is 0 Å². The zero-order valence-corrected chi connectivity index (χ0v) is 19.6. The molecule has 8 nitrogen and oxygen atoms in total. The molecule has 0 spiro atoms. The van der Waals surface area contributed by atoms with Crippen molar-refractivity contribution in [2.45, 2.75) is 18.2 Å². The highest BCUT2D eigenvalue weighted by atomic mass is 35.5. The number of amides is 1. The lowest BCUT2D eigenvalue weighted by Crippen LogP contribution is -2.49. The first-order valence-corrected chi connectivity index (χ1v) is 12.6. The summed E-state index contributed by atoms with van der Waals surface area (Å²) in [4.78, 5) is 21.6. The molecule has 2 fully saturated rings. The predicted octanol–water partition coefficient (Wildman–Crippen LogP) is 2.28. The van der Waals surface area contributed by atoms with E-state index in [0.29, 0.717) is 80.9 Å². The highest BCUT2D eigenvalue weighted by molar-refractivity contribution is 7.89. The van der Waals surface area contributed by atoms with Crippen molar-refractivity contribution < 1.29 is 17.9 Å². The van der Waals surface area contributed by atoms with Crippen LogP contribution in [-0.4, -0.2) is 81.0 Å². The monoisotopic (exact) mass is 478 g/mol. The average molecular weight is 479 g/mol. The molecule has 0 saturated carbocycles. The number of carbonyl (C=O) groups is 1. The highest BCUT2D eigenvalue weighted by Gasteiger charge is 2.30. The number of ether oxygens (including phenoxy) is 1. The second-order valence-corrected chi connectivity index (χ2v) is 10.1. The van der Waals surface area contributed by atoms with Gasteiger partial charge in [0.1, 0.15) is 5.82 Å². The molecular weight excluding hydrogens is 452 g/mol. The smallest absolute Gasteiger partial charge is 0.254 e. The predicted molar refractivity (Wildman–Crippen MR) is 123 cm³/mol. The lowest BCUT2D eigenvalue weighted by Gasteiger charge is -2.35. The zero-order valence-electron chi connectivity index (χ0n) is 18.0. The minimum absolute atomic E-state index is 0.169. The fraction of sp³-hybridized carbons (Fsp3) is 0.455. The maximum Gasteiger partial charge on any atom is 0.254 e. The van der Waals surface area contributed by atoms with Crippen molar-refractivity contribution in [3.8, 4) is 0 Å². The van der Waals surface area contributed by atoms with Crippen LogP contribution in [0.4, 0.5) is 5.82 Å². The number of aromatic nitrogens is 1. The van der Waals surface area contributed by atoms with Crippen LogP contribution in [0.3, 0.4) is 0 Å². The molecule has 1 aromatic heterocycles. The second kappa shape index (κ2) is 9.74.